The maximum atomic E-state index is 6.08. The van der Waals surface area contributed by atoms with Gasteiger partial charge in [-0.05, 0) is 31.4 Å². The van der Waals surface area contributed by atoms with Gasteiger partial charge in [0, 0.05) is 5.56 Å². The second kappa shape index (κ2) is 4.46. The van der Waals surface area contributed by atoms with Gasteiger partial charge in [-0.1, -0.05) is 17.7 Å². The molecule has 1 aliphatic rings. The summed E-state index contributed by atoms with van der Waals surface area (Å²) in [5, 5.41) is 0.486. The van der Waals surface area contributed by atoms with E-state index in [0.717, 1.165) is 30.5 Å². The van der Waals surface area contributed by atoms with Gasteiger partial charge in [-0.25, -0.2) is 9.97 Å². The summed E-state index contributed by atoms with van der Waals surface area (Å²) in [6.07, 6.45) is 4.52. The Bertz CT molecular complexity index is 581. The molecule has 0 saturated carbocycles. The van der Waals surface area contributed by atoms with Crippen LogP contribution in [0.2, 0.25) is 5.02 Å². The summed E-state index contributed by atoms with van der Waals surface area (Å²) in [6, 6.07) is 5.28. The van der Waals surface area contributed by atoms with Crippen molar-refractivity contribution in [3.05, 3.63) is 40.8 Å². The molecule has 2 N–H and O–H groups in total. The van der Waals surface area contributed by atoms with Crippen LogP contribution in [0, 0.1) is 0 Å². The summed E-state index contributed by atoms with van der Waals surface area (Å²) in [6.45, 7) is 0. The van der Waals surface area contributed by atoms with Crippen LogP contribution in [0.4, 0.5) is 5.69 Å². The minimum atomic E-state index is 0.465. The Kier molecular flexibility index (Phi) is 2.80. The molecule has 1 aliphatic carbocycles. The number of aromatic nitrogens is 2. The fourth-order valence-electron chi connectivity index (χ4n) is 2.15. The number of nitrogen functional groups attached to an aromatic ring is 1. The average molecular weight is 262 g/mol. The molecule has 0 fully saturated rings. The lowest BCUT2D eigenvalue weighted by Gasteiger charge is -2.11. The van der Waals surface area contributed by atoms with Crippen LogP contribution in [-0.4, -0.2) is 9.97 Å². The summed E-state index contributed by atoms with van der Waals surface area (Å²) < 4.78 is 5.77. The van der Waals surface area contributed by atoms with Crippen molar-refractivity contribution in [1.82, 2.24) is 9.97 Å². The van der Waals surface area contributed by atoms with Crippen molar-refractivity contribution in [2.75, 3.05) is 5.73 Å². The molecule has 1 aromatic heterocycles. The SMILES string of the molecule is Nc1cccc(Cl)c1Oc1ncnc2c1CCC2. The number of ether oxygens (including phenoxy) is 1. The van der Waals surface area contributed by atoms with Gasteiger partial charge in [0.05, 0.1) is 16.4 Å². The maximum absolute atomic E-state index is 6.08. The third kappa shape index (κ3) is 1.88. The smallest absolute Gasteiger partial charge is 0.225 e. The molecule has 0 amide bonds. The van der Waals surface area contributed by atoms with E-state index >= 15 is 0 Å². The first-order valence-electron chi connectivity index (χ1n) is 5.80. The molecule has 0 unspecified atom stereocenters. The van der Waals surface area contributed by atoms with Crippen LogP contribution in [0.3, 0.4) is 0 Å². The highest BCUT2D eigenvalue weighted by Gasteiger charge is 2.19. The molecule has 0 aliphatic heterocycles. The average Bonchev–Trinajstić information content (AvgIpc) is 2.83. The van der Waals surface area contributed by atoms with Gasteiger partial charge in [-0.3, -0.25) is 0 Å². The molecule has 1 heterocycles. The largest absolute Gasteiger partial charge is 0.435 e. The number of hydrogen-bond donors (Lipinski definition) is 1. The van der Waals surface area contributed by atoms with E-state index in [4.69, 9.17) is 22.1 Å². The zero-order valence-electron chi connectivity index (χ0n) is 9.69. The van der Waals surface area contributed by atoms with E-state index in [1.54, 1.807) is 18.2 Å². The number of anilines is 1. The highest BCUT2D eigenvalue weighted by molar-refractivity contribution is 6.32. The van der Waals surface area contributed by atoms with Crippen LogP contribution >= 0.6 is 11.6 Å². The number of hydrogen-bond acceptors (Lipinski definition) is 4. The Morgan fingerprint density at radius 1 is 1.22 bits per heavy atom. The van der Waals surface area contributed by atoms with Crippen molar-refractivity contribution >= 4 is 17.3 Å². The molecule has 1 aromatic carbocycles. The van der Waals surface area contributed by atoms with Crippen molar-refractivity contribution in [3.8, 4) is 11.6 Å². The van der Waals surface area contributed by atoms with Crippen molar-refractivity contribution < 1.29 is 4.74 Å². The van der Waals surface area contributed by atoms with E-state index in [0.29, 0.717) is 22.3 Å². The molecule has 0 saturated heterocycles. The first-order chi connectivity index (χ1) is 8.75. The fourth-order valence-corrected chi connectivity index (χ4v) is 2.37. The quantitative estimate of drug-likeness (QED) is 0.844. The van der Waals surface area contributed by atoms with E-state index in [2.05, 4.69) is 9.97 Å². The van der Waals surface area contributed by atoms with Crippen LogP contribution in [0.15, 0.2) is 24.5 Å². The van der Waals surface area contributed by atoms with Gasteiger partial charge in [-0.15, -0.1) is 0 Å². The summed E-state index contributed by atoms with van der Waals surface area (Å²) in [5.74, 6) is 1.03. The van der Waals surface area contributed by atoms with Crippen molar-refractivity contribution in [1.29, 1.82) is 0 Å². The zero-order valence-corrected chi connectivity index (χ0v) is 10.4. The Labute approximate surface area is 110 Å². The number of fused-ring (bicyclic) bond motifs is 1. The minimum Gasteiger partial charge on any atom is -0.435 e. The number of benzene rings is 1. The summed E-state index contributed by atoms with van der Waals surface area (Å²) >= 11 is 6.08. The van der Waals surface area contributed by atoms with Gasteiger partial charge in [0.1, 0.15) is 6.33 Å². The molecule has 5 heteroatoms. The van der Waals surface area contributed by atoms with Gasteiger partial charge >= 0.3 is 0 Å². The number of aryl methyl sites for hydroxylation is 1. The lowest BCUT2D eigenvalue weighted by atomic mass is 10.2. The normalized spacial score (nSPS) is 13.4. The predicted octanol–water partition coefficient (Wildman–Crippen LogP) is 2.99. The summed E-state index contributed by atoms with van der Waals surface area (Å²) in [7, 11) is 0. The molecule has 3 rings (SSSR count). The number of para-hydroxylation sites is 1. The molecular formula is C13H12ClN3O. The van der Waals surface area contributed by atoms with Gasteiger partial charge in [0.2, 0.25) is 5.88 Å². The third-order valence-corrected chi connectivity index (χ3v) is 3.33. The number of nitrogens with two attached hydrogens (primary N) is 1. The molecule has 0 radical (unpaired) electrons. The highest BCUT2D eigenvalue weighted by atomic mass is 35.5. The van der Waals surface area contributed by atoms with Crippen LogP contribution in [0.1, 0.15) is 17.7 Å². The molecule has 0 bridgehead atoms. The van der Waals surface area contributed by atoms with Gasteiger partial charge in [0.15, 0.2) is 5.75 Å². The monoisotopic (exact) mass is 261 g/mol. The van der Waals surface area contributed by atoms with E-state index in [9.17, 15) is 0 Å². The lowest BCUT2D eigenvalue weighted by molar-refractivity contribution is 0.458. The second-order valence-corrected chi connectivity index (χ2v) is 4.63. The van der Waals surface area contributed by atoms with Crippen molar-refractivity contribution in [2.24, 2.45) is 0 Å². The zero-order chi connectivity index (χ0) is 12.5. The minimum absolute atomic E-state index is 0.465. The molecule has 0 atom stereocenters. The van der Waals surface area contributed by atoms with E-state index in [1.165, 1.54) is 6.33 Å². The van der Waals surface area contributed by atoms with Gasteiger partial charge in [0.25, 0.3) is 0 Å². The van der Waals surface area contributed by atoms with Crippen molar-refractivity contribution in [2.45, 2.75) is 19.3 Å². The molecule has 18 heavy (non-hydrogen) atoms. The summed E-state index contributed by atoms with van der Waals surface area (Å²) in [4.78, 5) is 8.43. The second-order valence-electron chi connectivity index (χ2n) is 4.22. The molecule has 0 spiro atoms. The Morgan fingerprint density at radius 2 is 2.11 bits per heavy atom. The first-order valence-corrected chi connectivity index (χ1v) is 6.18. The topological polar surface area (TPSA) is 61.0 Å². The predicted molar refractivity (Wildman–Crippen MR) is 70.0 cm³/mol. The summed E-state index contributed by atoms with van der Waals surface area (Å²) in [5.41, 5.74) is 8.50. The maximum Gasteiger partial charge on any atom is 0.225 e. The lowest BCUT2D eigenvalue weighted by Crippen LogP contribution is -1.99. The Balaban J connectivity index is 2.01. The number of nitrogens with zero attached hydrogens (tertiary/aromatic N) is 2. The Morgan fingerprint density at radius 3 is 2.94 bits per heavy atom. The molecular weight excluding hydrogens is 250 g/mol. The molecule has 2 aromatic rings. The van der Waals surface area contributed by atoms with Crippen molar-refractivity contribution in [3.63, 3.8) is 0 Å². The van der Waals surface area contributed by atoms with Crippen LogP contribution in [0.5, 0.6) is 11.6 Å². The Hall–Kier alpha value is -1.81. The standard InChI is InChI=1S/C13H12ClN3O/c14-9-4-2-5-10(15)12(9)18-13-8-3-1-6-11(8)16-7-17-13/h2,4-5,7H,1,3,6,15H2. The highest BCUT2D eigenvalue weighted by Crippen LogP contribution is 2.36. The van der Waals surface area contributed by atoms with E-state index in [1.807, 2.05) is 0 Å². The third-order valence-electron chi connectivity index (χ3n) is 3.03. The van der Waals surface area contributed by atoms with Crippen LogP contribution in [0.25, 0.3) is 0 Å². The number of rotatable bonds is 2. The van der Waals surface area contributed by atoms with E-state index in [-0.39, 0.29) is 0 Å². The molecule has 92 valence electrons. The number of halogens is 1. The fraction of sp³-hybridized carbons (Fsp3) is 0.231. The first kappa shape index (κ1) is 11.3. The van der Waals surface area contributed by atoms with Gasteiger partial charge in [-0.2, -0.15) is 0 Å². The van der Waals surface area contributed by atoms with Crippen LogP contribution in [-0.2, 0) is 12.8 Å². The van der Waals surface area contributed by atoms with E-state index < -0.39 is 0 Å². The van der Waals surface area contributed by atoms with Gasteiger partial charge < -0.3 is 10.5 Å². The van der Waals surface area contributed by atoms with Crippen LogP contribution < -0.4 is 10.5 Å². The molecule has 4 nitrogen and oxygen atoms in total.